The number of hydrogen-bond acceptors (Lipinski definition) is 4. The highest BCUT2D eigenvalue weighted by Crippen LogP contribution is 2.33. The Kier molecular flexibility index (Phi) is 3.16. The van der Waals surface area contributed by atoms with Crippen molar-refractivity contribution >= 4 is 23.7 Å². The van der Waals surface area contributed by atoms with Crippen molar-refractivity contribution < 1.29 is 19.8 Å². The van der Waals surface area contributed by atoms with E-state index in [0.717, 1.165) is 5.75 Å². The Morgan fingerprint density at radius 1 is 1.31 bits per heavy atom. The fourth-order valence-corrected chi connectivity index (χ4v) is 2.60. The largest absolute Gasteiger partial charge is 0.481 e. The highest BCUT2D eigenvalue weighted by Gasteiger charge is 2.38. The van der Waals surface area contributed by atoms with Crippen LogP contribution in [0.3, 0.4) is 0 Å². The van der Waals surface area contributed by atoms with Crippen LogP contribution in [0.15, 0.2) is 0 Å². The SMILES string of the molecule is O=C(O)CC1(CC(=O)O)NCCS1. The maximum absolute atomic E-state index is 10.5. The second kappa shape index (κ2) is 3.97. The first-order chi connectivity index (χ1) is 6.04. The summed E-state index contributed by atoms with van der Waals surface area (Å²) in [6.45, 7) is 0.672. The molecule has 0 atom stereocenters. The third-order valence-corrected chi connectivity index (χ3v) is 3.19. The average molecular weight is 205 g/mol. The lowest BCUT2D eigenvalue weighted by Crippen LogP contribution is -2.41. The van der Waals surface area contributed by atoms with Gasteiger partial charge in [0.25, 0.3) is 0 Å². The predicted molar refractivity (Wildman–Crippen MR) is 47.7 cm³/mol. The van der Waals surface area contributed by atoms with E-state index in [1.165, 1.54) is 11.8 Å². The van der Waals surface area contributed by atoms with E-state index in [1.54, 1.807) is 0 Å². The first kappa shape index (κ1) is 10.3. The molecule has 0 spiro atoms. The van der Waals surface area contributed by atoms with Crippen molar-refractivity contribution in [2.75, 3.05) is 12.3 Å². The lowest BCUT2D eigenvalue weighted by molar-refractivity contribution is -0.140. The van der Waals surface area contributed by atoms with Crippen molar-refractivity contribution in [1.82, 2.24) is 5.32 Å². The molecule has 1 heterocycles. The van der Waals surface area contributed by atoms with Gasteiger partial charge >= 0.3 is 11.9 Å². The van der Waals surface area contributed by atoms with Gasteiger partial charge in [-0.25, -0.2) is 0 Å². The second-order valence-corrected chi connectivity index (χ2v) is 4.39. The standard InChI is InChI=1S/C7H11NO4S/c9-5(10)3-7(4-6(11)12)8-1-2-13-7/h8H,1-4H2,(H,9,10)(H,11,12). The predicted octanol–water partition coefficient (Wildman–Crippen LogP) is -0.0315. The van der Waals surface area contributed by atoms with E-state index in [4.69, 9.17) is 10.2 Å². The Hall–Kier alpha value is -0.750. The van der Waals surface area contributed by atoms with Crippen LogP contribution in [0.2, 0.25) is 0 Å². The number of carbonyl (C=O) groups is 2. The number of aliphatic carboxylic acids is 2. The van der Waals surface area contributed by atoms with E-state index < -0.39 is 16.8 Å². The lowest BCUT2D eigenvalue weighted by atomic mass is 10.1. The summed E-state index contributed by atoms with van der Waals surface area (Å²) in [4.78, 5) is 20.2. The number of hydrogen-bond donors (Lipinski definition) is 3. The first-order valence-electron chi connectivity index (χ1n) is 3.87. The highest BCUT2D eigenvalue weighted by molar-refractivity contribution is 8.00. The normalized spacial score (nSPS) is 20.0. The van der Waals surface area contributed by atoms with Gasteiger partial charge in [0, 0.05) is 12.3 Å². The third kappa shape index (κ3) is 2.89. The summed E-state index contributed by atoms with van der Waals surface area (Å²) in [5, 5.41) is 20.1. The van der Waals surface area contributed by atoms with Gasteiger partial charge in [-0.15, -0.1) is 11.8 Å². The zero-order chi connectivity index (χ0) is 9.90. The van der Waals surface area contributed by atoms with Crippen molar-refractivity contribution in [3.63, 3.8) is 0 Å². The molecule has 6 heteroatoms. The van der Waals surface area contributed by atoms with E-state index in [0.29, 0.717) is 6.54 Å². The summed E-state index contributed by atoms with van der Waals surface area (Å²) < 4.78 is 0. The minimum Gasteiger partial charge on any atom is -0.481 e. The molecule has 1 aliphatic heterocycles. The van der Waals surface area contributed by atoms with Gasteiger partial charge in [-0.05, 0) is 0 Å². The van der Waals surface area contributed by atoms with Crippen LogP contribution in [0.4, 0.5) is 0 Å². The lowest BCUT2D eigenvalue weighted by Gasteiger charge is -2.24. The molecule has 74 valence electrons. The smallest absolute Gasteiger partial charge is 0.306 e. The monoisotopic (exact) mass is 205 g/mol. The molecule has 0 unspecified atom stereocenters. The number of carboxylic acid groups (broad SMARTS) is 2. The van der Waals surface area contributed by atoms with Crippen molar-refractivity contribution in [3.8, 4) is 0 Å². The van der Waals surface area contributed by atoms with Gasteiger partial charge in [0.05, 0.1) is 17.7 Å². The number of rotatable bonds is 4. The maximum Gasteiger partial charge on any atom is 0.306 e. The van der Waals surface area contributed by atoms with Gasteiger partial charge in [-0.2, -0.15) is 0 Å². The third-order valence-electron chi connectivity index (χ3n) is 1.80. The number of nitrogens with one attached hydrogen (secondary N) is 1. The molecular formula is C7H11NO4S. The first-order valence-corrected chi connectivity index (χ1v) is 4.85. The van der Waals surface area contributed by atoms with E-state index in [2.05, 4.69) is 5.32 Å². The van der Waals surface area contributed by atoms with E-state index in [-0.39, 0.29) is 12.8 Å². The molecule has 0 saturated carbocycles. The van der Waals surface area contributed by atoms with Gasteiger partial charge < -0.3 is 15.5 Å². The van der Waals surface area contributed by atoms with Crippen molar-refractivity contribution in [3.05, 3.63) is 0 Å². The summed E-state index contributed by atoms with van der Waals surface area (Å²) in [5.41, 5.74) is 0. The Balaban J connectivity index is 2.62. The fraction of sp³-hybridized carbons (Fsp3) is 0.714. The number of thioether (sulfide) groups is 1. The molecule has 0 aromatic heterocycles. The van der Waals surface area contributed by atoms with E-state index in [1.807, 2.05) is 0 Å². The molecule has 5 nitrogen and oxygen atoms in total. The van der Waals surface area contributed by atoms with Crippen LogP contribution in [-0.2, 0) is 9.59 Å². The summed E-state index contributed by atoms with van der Waals surface area (Å²) in [6.07, 6.45) is -0.298. The molecule has 0 aromatic rings. The minimum absolute atomic E-state index is 0.149. The van der Waals surface area contributed by atoms with Gasteiger partial charge in [0.15, 0.2) is 0 Å². The Labute approximate surface area is 79.5 Å². The second-order valence-electron chi connectivity index (χ2n) is 2.91. The molecule has 13 heavy (non-hydrogen) atoms. The van der Waals surface area contributed by atoms with Crippen molar-refractivity contribution in [2.24, 2.45) is 0 Å². The van der Waals surface area contributed by atoms with Crippen LogP contribution in [-0.4, -0.2) is 39.3 Å². The van der Waals surface area contributed by atoms with Gasteiger partial charge in [-0.3, -0.25) is 9.59 Å². The molecule has 1 saturated heterocycles. The molecular weight excluding hydrogens is 194 g/mol. The molecule has 1 fully saturated rings. The zero-order valence-corrected chi connectivity index (χ0v) is 7.76. The molecule has 0 bridgehead atoms. The van der Waals surface area contributed by atoms with Crippen LogP contribution in [0, 0.1) is 0 Å². The van der Waals surface area contributed by atoms with Gasteiger partial charge in [-0.1, -0.05) is 0 Å². The molecule has 0 amide bonds. The van der Waals surface area contributed by atoms with Crippen LogP contribution >= 0.6 is 11.8 Å². The Bertz CT molecular complexity index is 207. The van der Waals surface area contributed by atoms with E-state index in [9.17, 15) is 9.59 Å². The topological polar surface area (TPSA) is 86.6 Å². The van der Waals surface area contributed by atoms with E-state index >= 15 is 0 Å². The minimum atomic E-state index is -0.969. The van der Waals surface area contributed by atoms with Crippen molar-refractivity contribution in [2.45, 2.75) is 17.7 Å². The Morgan fingerprint density at radius 2 is 1.85 bits per heavy atom. The van der Waals surface area contributed by atoms with Gasteiger partial charge in [0.2, 0.25) is 0 Å². The van der Waals surface area contributed by atoms with Crippen LogP contribution < -0.4 is 5.32 Å². The average Bonchev–Trinajstić information content (AvgIpc) is 2.33. The quantitative estimate of drug-likeness (QED) is 0.597. The van der Waals surface area contributed by atoms with Gasteiger partial charge in [0.1, 0.15) is 0 Å². The highest BCUT2D eigenvalue weighted by atomic mass is 32.2. The van der Waals surface area contributed by atoms with Crippen molar-refractivity contribution in [1.29, 1.82) is 0 Å². The fourth-order valence-electron chi connectivity index (χ4n) is 1.35. The van der Waals surface area contributed by atoms with Crippen LogP contribution in [0.5, 0.6) is 0 Å². The maximum atomic E-state index is 10.5. The Morgan fingerprint density at radius 3 is 2.15 bits per heavy atom. The molecule has 0 aromatic carbocycles. The molecule has 0 radical (unpaired) electrons. The summed E-state index contributed by atoms with van der Waals surface area (Å²) in [6, 6.07) is 0. The van der Waals surface area contributed by atoms with Crippen LogP contribution in [0.25, 0.3) is 0 Å². The van der Waals surface area contributed by atoms with Crippen LogP contribution in [0.1, 0.15) is 12.8 Å². The molecule has 1 rings (SSSR count). The molecule has 3 N–H and O–H groups in total. The summed E-state index contributed by atoms with van der Waals surface area (Å²) in [5.74, 6) is -1.17. The zero-order valence-electron chi connectivity index (χ0n) is 6.95. The number of carboxylic acids is 2. The molecule has 1 aliphatic rings. The molecule has 0 aliphatic carbocycles. The summed E-state index contributed by atoms with van der Waals surface area (Å²) >= 11 is 1.37. The summed E-state index contributed by atoms with van der Waals surface area (Å²) in [7, 11) is 0.